The Hall–Kier alpha value is -2.40. The van der Waals surface area contributed by atoms with E-state index in [1.165, 1.54) is 0 Å². The van der Waals surface area contributed by atoms with E-state index in [0.717, 1.165) is 5.56 Å². The van der Waals surface area contributed by atoms with Crippen LogP contribution in [-0.2, 0) is 16.1 Å². The topological polar surface area (TPSA) is 59.5 Å². The molecule has 24 heavy (non-hydrogen) atoms. The van der Waals surface area contributed by atoms with Crippen LogP contribution >= 0.6 is 11.6 Å². The molecule has 0 aliphatic heterocycles. The highest BCUT2D eigenvalue weighted by molar-refractivity contribution is 6.31. The number of halogens is 1. The van der Waals surface area contributed by atoms with Gasteiger partial charge in [-0.25, -0.2) is 0 Å². The lowest BCUT2D eigenvalue weighted by Crippen LogP contribution is -2.33. The van der Waals surface area contributed by atoms with Crippen LogP contribution in [0.1, 0.15) is 29.3 Å². The maximum Gasteiger partial charge on any atom is 0.307 e. The Labute approximate surface area is 146 Å². The van der Waals surface area contributed by atoms with Gasteiger partial charge < -0.3 is 9.64 Å². The molecule has 0 saturated heterocycles. The molecule has 1 aromatic heterocycles. The van der Waals surface area contributed by atoms with E-state index >= 15 is 0 Å². The van der Waals surface area contributed by atoms with E-state index in [1.807, 2.05) is 18.2 Å². The summed E-state index contributed by atoms with van der Waals surface area (Å²) in [6.45, 7) is 2.65. The molecule has 5 nitrogen and oxygen atoms in total. The molecule has 0 bridgehead atoms. The SMILES string of the molecule is CCOC(=O)CCN(Cc1ccccc1Cl)C(=O)c1ccncc1. The predicted octanol–water partition coefficient (Wildman–Crippen LogP) is 3.33. The summed E-state index contributed by atoms with van der Waals surface area (Å²) in [6, 6.07) is 10.6. The third kappa shape index (κ3) is 5.06. The number of pyridine rings is 1. The number of esters is 1. The van der Waals surface area contributed by atoms with Crippen LogP contribution in [0.5, 0.6) is 0 Å². The summed E-state index contributed by atoms with van der Waals surface area (Å²) >= 11 is 6.19. The van der Waals surface area contributed by atoms with Gasteiger partial charge in [0.1, 0.15) is 0 Å². The van der Waals surface area contributed by atoms with Gasteiger partial charge in [-0.2, -0.15) is 0 Å². The number of carbonyl (C=O) groups is 2. The molecule has 6 heteroatoms. The van der Waals surface area contributed by atoms with Crippen LogP contribution in [0.2, 0.25) is 5.02 Å². The molecule has 0 radical (unpaired) electrons. The highest BCUT2D eigenvalue weighted by atomic mass is 35.5. The third-order valence-corrected chi connectivity index (χ3v) is 3.79. The number of aromatic nitrogens is 1. The quantitative estimate of drug-likeness (QED) is 0.721. The highest BCUT2D eigenvalue weighted by Crippen LogP contribution is 2.18. The Morgan fingerprint density at radius 2 is 1.88 bits per heavy atom. The van der Waals surface area contributed by atoms with E-state index in [1.54, 1.807) is 42.4 Å². The molecule has 0 fully saturated rings. The lowest BCUT2D eigenvalue weighted by Gasteiger charge is -2.23. The Balaban J connectivity index is 2.16. The average Bonchev–Trinajstić information content (AvgIpc) is 2.60. The number of benzene rings is 1. The molecule has 1 aromatic carbocycles. The number of hydrogen-bond acceptors (Lipinski definition) is 4. The van der Waals surface area contributed by atoms with Gasteiger partial charge in [-0.1, -0.05) is 29.8 Å². The van der Waals surface area contributed by atoms with Crippen LogP contribution in [0.3, 0.4) is 0 Å². The molecule has 1 amide bonds. The van der Waals surface area contributed by atoms with Crippen LogP contribution in [0, 0.1) is 0 Å². The van der Waals surface area contributed by atoms with Gasteiger partial charge in [0.25, 0.3) is 5.91 Å². The van der Waals surface area contributed by atoms with Gasteiger partial charge in [0.15, 0.2) is 0 Å². The first kappa shape index (κ1) is 17.9. The second kappa shape index (κ2) is 9.03. The maximum atomic E-state index is 12.7. The van der Waals surface area contributed by atoms with E-state index in [2.05, 4.69) is 4.98 Å². The van der Waals surface area contributed by atoms with Crippen LogP contribution < -0.4 is 0 Å². The normalized spacial score (nSPS) is 10.2. The van der Waals surface area contributed by atoms with Crippen molar-refractivity contribution >= 4 is 23.5 Å². The first-order valence-electron chi connectivity index (χ1n) is 7.70. The summed E-state index contributed by atoms with van der Waals surface area (Å²) < 4.78 is 4.94. The fraction of sp³-hybridized carbons (Fsp3) is 0.278. The molecule has 126 valence electrons. The van der Waals surface area contributed by atoms with Crippen molar-refractivity contribution in [3.8, 4) is 0 Å². The van der Waals surface area contributed by atoms with E-state index < -0.39 is 0 Å². The van der Waals surface area contributed by atoms with E-state index in [0.29, 0.717) is 23.7 Å². The van der Waals surface area contributed by atoms with Crippen LogP contribution in [-0.4, -0.2) is 34.9 Å². The summed E-state index contributed by atoms with van der Waals surface area (Å²) in [5.41, 5.74) is 1.34. The molecule has 0 saturated carbocycles. The largest absolute Gasteiger partial charge is 0.466 e. The molecule has 0 unspecified atom stereocenters. The Bertz CT molecular complexity index is 692. The van der Waals surface area contributed by atoms with Crippen molar-refractivity contribution in [1.82, 2.24) is 9.88 Å². The van der Waals surface area contributed by atoms with E-state index in [4.69, 9.17) is 16.3 Å². The average molecular weight is 347 g/mol. The molecular weight excluding hydrogens is 328 g/mol. The second-order valence-electron chi connectivity index (χ2n) is 5.11. The molecule has 2 rings (SSSR count). The van der Waals surface area contributed by atoms with Gasteiger partial charge >= 0.3 is 5.97 Å². The molecule has 0 aliphatic rings. The molecular formula is C18H19ClN2O3. The summed E-state index contributed by atoms with van der Waals surface area (Å²) in [7, 11) is 0. The highest BCUT2D eigenvalue weighted by Gasteiger charge is 2.18. The number of amides is 1. The summed E-state index contributed by atoms with van der Waals surface area (Å²) in [6.07, 6.45) is 3.26. The third-order valence-electron chi connectivity index (χ3n) is 3.42. The number of carbonyl (C=O) groups excluding carboxylic acids is 2. The standard InChI is InChI=1S/C18H19ClN2O3/c1-2-24-17(22)9-12-21(13-15-5-3-4-6-16(15)19)18(23)14-7-10-20-11-8-14/h3-8,10-11H,2,9,12-13H2,1H3. The van der Waals surface area contributed by atoms with Gasteiger partial charge in [0.05, 0.1) is 13.0 Å². The predicted molar refractivity (Wildman–Crippen MR) is 91.7 cm³/mol. The minimum absolute atomic E-state index is 0.134. The number of ether oxygens (including phenoxy) is 1. The first-order chi connectivity index (χ1) is 11.6. The van der Waals surface area contributed by atoms with Crippen molar-refractivity contribution in [1.29, 1.82) is 0 Å². The van der Waals surface area contributed by atoms with Gasteiger partial charge in [-0.15, -0.1) is 0 Å². The Morgan fingerprint density at radius 1 is 1.17 bits per heavy atom. The van der Waals surface area contributed by atoms with Crippen molar-refractivity contribution in [2.24, 2.45) is 0 Å². The van der Waals surface area contributed by atoms with Crippen molar-refractivity contribution < 1.29 is 14.3 Å². The zero-order valence-electron chi connectivity index (χ0n) is 13.4. The summed E-state index contributed by atoms with van der Waals surface area (Å²) in [5.74, 6) is -0.509. The lowest BCUT2D eigenvalue weighted by molar-refractivity contribution is -0.143. The van der Waals surface area contributed by atoms with E-state index in [9.17, 15) is 9.59 Å². The smallest absolute Gasteiger partial charge is 0.307 e. The second-order valence-corrected chi connectivity index (χ2v) is 5.52. The molecule has 0 spiro atoms. The minimum atomic E-state index is -0.329. The zero-order valence-corrected chi connectivity index (χ0v) is 14.2. The van der Waals surface area contributed by atoms with Crippen molar-refractivity contribution in [3.63, 3.8) is 0 Å². The van der Waals surface area contributed by atoms with Gasteiger partial charge in [0.2, 0.25) is 0 Å². The monoisotopic (exact) mass is 346 g/mol. The van der Waals surface area contributed by atoms with Crippen LogP contribution in [0.25, 0.3) is 0 Å². The van der Waals surface area contributed by atoms with Gasteiger partial charge in [-0.05, 0) is 30.7 Å². The van der Waals surface area contributed by atoms with Crippen molar-refractivity contribution in [3.05, 3.63) is 64.9 Å². The molecule has 0 atom stereocenters. The Kier molecular flexibility index (Phi) is 6.75. The number of rotatable bonds is 7. The fourth-order valence-corrected chi connectivity index (χ4v) is 2.42. The number of hydrogen-bond donors (Lipinski definition) is 0. The number of nitrogens with zero attached hydrogens (tertiary/aromatic N) is 2. The summed E-state index contributed by atoms with van der Waals surface area (Å²) in [4.78, 5) is 29.9. The molecule has 2 aromatic rings. The van der Waals surface area contributed by atoms with Crippen LogP contribution in [0.4, 0.5) is 0 Å². The lowest BCUT2D eigenvalue weighted by atomic mass is 10.1. The van der Waals surface area contributed by atoms with E-state index in [-0.39, 0.29) is 24.8 Å². The minimum Gasteiger partial charge on any atom is -0.466 e. The van der Waals surface area contributed by atoms with Gasteiger partial charge in [0, 0.05) is 36.1 Å². The van der Waals surface area contributed by atoms with Gasteiger partial charge in [-0.3, -0.25) is 14.6 Å². The molecule has 0 aliphatic carbocycles. The molecule has 1 heterocycles. The molecule has 0 N–H and O–H groups in total. The first-order valence-corrected chi connectivity index (χ1v) is 8.08. The van der Waals surface area contributed by atoms with Crippen molar-refractivity contribution in [2.75, 3.05) is 13.2 Å². The maximum absolute atomic E-state index is 12.7. The summed E-state index contributed by atoms with van der Waals surface area (Å²) in [5, 5.41) is 0.584. The Morgan fingerprint density at radius 3 is 2.54 bits per heavy atom. The van der Waals surface area contributed by atoms with Crippen molar-refractivity contribution in [2.45, 2.75) is 19.9 Å². The zero-order chi connectivity index (χ0) is 17.4. The fourth-order valence-electron chi connectivity index (χ4n) is 2.22. The van der Waals surface area contributed by atoms with Crippen LogP contribution in [0.15, 0.2) is 48.8 Å².